The van der Waals surface area contributed by atoms with Crippen molar-refractivity contribution in [1.29, 1.82) is 0 Å². The Morgan fingerprint density at radius 3 is 2.69 bits per heavy atom. The maximum atomic E-state index is 6.24. The first kappa shape index (κ1) is 25.0. The first-order valence-corrected chi connectivity index (χ1v) is 15.0. The van der Waals surface area contributed by atoms with Gasteiger partial charge in [0.15, 0.2) is 5.82 Å². The van der Waals surface area contributed by atoms with Gasteiger partial charge in [-0.3, -0.25) is 4.90 Å². The van der Waals surface area contributed by atoms with Crippen molar-refractivity contribution in [3.8, 4) is 5.82 Å². The number of pyridine rings is 1. The Hall–Kier alpha value is -3.02. The topological polar surface area (TPSA) is 114 Å². The molecule has 3 N–H and O–H groups in total. The number of thiophene rings is 1. The van der Waals surface area contributed by atoms with E-state index in [-0.39, 0.29) is 11.2 Å². The molecule has 5 heterocycles. The predicted octanol–water partition coefficient (Wildman–Crippen LogP) is 4.96. The lowest BCUT2D eigenvalue weighted by Gasteiger charge is -2.46. The predicted molar refractivity (Wildman–Crippen MR) is 156 cm³/mol. The monoisotopic (exact) mass is 564 g/mol. The number of nitrogens with one attached hydrogen (secondary N) is 1. The van der Waals surface area contributed by atoms with Crippen LogP contribution in [0.3, 0.4) is 0 Å². The fourth-order valence-corrected chi connectivity index (χ4v) is 8.16. The van der Waals surface area contributed by atoms with E-state index in [1.165, 1.54) is 41.7 Å². The molecule has 3 unspecified atom stereocenters. The Morgan fingerprint density at radius 1 is 1.08 bits per heavy atom. The highest BCUT2D eigenvalue weighted by Crippen LogP contribution is 2.47. The molecular weight excluding hydrogens is 532 g/mol. The zero-order chi connectivity index (χ0) is 26.8. The first-order valence-electron chi connectivity index (χ1n) is 13.7. The molecule has 0 spiro atoms. The SMILES string of the molecule is Cc1cc(Nc2nc(N)n(-c3nc(Cl)nc4c(C)csc34)n2)cnc1N1CCN([C@H]2CC3CCC2C3)C(C)C1. The van der Waals surface area contributed by atoms with Crippen molar-refractivity contribution in [2.75, 3.05) is 35.6 Å². The summed E-state index contributed by atoms with van der Waals surface area (Å²) in [6.07, 6.45) is 7.59. The number of nitrogens with zero attached hydrogens (tertiary/aromatic N) is 8. The van der Waals surface area contributed by atoms with Crippen molar-refractivity contribution in [3.63, 3.8) is 0 Å². The van der Waals surface area contributed by atoms with Crippen LogP contribution < -0.4 is 16.0 Å². The van der Waals surface area contributed by atoms with E-state index in [0.29, 0.717) is 17.8 Å². The van der Waals surface area contributed by atoms with Gasteiger partial charge in [0.2, 0.25) is 17.2 Å². The van der Waals surface area contributed by atoms with Gasteiger partial charge in [0.1, 0.15) is 5.82 Å². The van der Waals surface area contributed by atoms with Gasteiger partial charge in [0.05, 0.1) is 22.1 Å². The van der Waals surface area contributed by atoms with Crippen LogP contribution in [0.1, 0.15) is 43.7 Å². The van der Waals surface area contributed by atoms with Crippen LogP contribution >= 0.6 is 22.9 Å². The molecule has 12 heteroatoms. The molecule has 0 amide bonds. The summed E-state index contributed by atoms with van der Waals surface area (Å²) in [7, 11) is 0. The summed E-state index contributed by atoms with van der Waals surface area (Å²) in [6, 6.07) is 3.42. The Morgan fingerprint density at radius 2 is 1.95 bits per heavy atom. The number of piperazine rings is 1. The molecule has 2 bridgehead atoms. The molecule has 0 aromatic carbocycles. The van der Waals surface area contributed by atoms with Crippen LogP contribution in [-0.2, 0) is 0 Å². The van der Waals surface area contributed by atoms with E-state index in [2.05, 4.69) is 55.1 Å². The van der Waals surface area contributed by atoms with E-state index in [0.717, 1.165) is 70.4 Å². The van der Waals surface area contributed by atoms with E-state index < -0.39 is 0 Å². The van der Waals surface area contributed by atoms with Crippen LogP contribution in [0.2, 0.25) is 5.28 Å². The van der Waals surface area contributed by atoms with Crippen molar-refractivity contribution in [3.05, 3.63) is 34.1 Å². The Kier molecular flexibility index (Phi) is 6.13. The molecule has 2 aliphatic carbocycles. The number of aromatic nitrogens is 6. The molecule has 7 rings (SSSR count). The summed E-state index contributed by atoms with van der Waals surface area (Å²) in [5.41, 5.74) is 9.98. The smallest absolute Gasteiger partial charge is 0.248 e. The molecule has 0 radical (unpaired) electrons. The van der Waals surface area contributed by atoms with Gasteiger partial charge in [-0.2, -0.15) is 14.6 Å². The van der Waals surface area contributed by atoms with E-state index in [1.807, 2.05) is 18.5 Å². The number of hydrogen-bond acceptors (Lipinski definition) is 10. The van der Waals surface area contributed by atoms with Gasteiger partial charge in [-0.1, -0.05) is 6.42 Å². The highest BCUT2D eigenvalue weighted by molar-refractivity contribution is 7.17. The quantitative estimate of drug-likeness (QED) is 0.324. The van der Waals surface area contributed by atoms with Gasteiger partial charge < -0.3 is 16.0 Å². The zero-order valence-corrected chi connectivity index (χ0v) is 24.0. The maximum Gasteiger partial charge on any atom is 0.248 e. The minimum absolute atomic E-state index is 0.143. The van der Waals surface area contributed by atoms with Crippen molar-refractivity contribution in [1.82, 2.24) is 34.6 Å². The van der Waals surface area contributed by atoms with Crippen LogP contribution in [0.25, 0.3) is 16.0 Å². The molecule has 4 atom stereocenters. The summed E-state index contributed by atoms with van der Waals surface area (Å²) < 4.78 is 2.36. The highest BCUT2D eigenvalue weighted by Gasteiger charge is 2.44. The summed E-state index contributed by atoms with van der Waals surface area (Å²) >= 11 is 7.73. The van der Waals surface area contributed by atoms with Crippen LogP contribution in [0, 0.1) is 25.7 Å². The van der Waals surface area contributed by atoms with Crippen LogP contribution in [0.5, 0.6) is 0 Å². The molecule has 204 valence electrons. The van der Waals surface area contributed by atoms with Crippen molar-refractivity contribution >= 4 is 56.6 Å². The molecule has 2 saturated carbocycles. The molecule has 39 heavy (non-hydrogen) atoms. The largest absolute Gasteiger partial charge is 0.368 e. The highest BCUT2D eigenvalue weighted by atomic mass is 35.5. The van der Waals surface area contributed by atoms with Crippen molar-refractivity contribution in [2.45, 2.75) is 58.5 Å². The second kappa shape index (κ2) is 9.57. The Labute approximate surface area is 236 Å². The molecule has 1 aliphatic heterocycles. The van der Waals surface area contributed by atoms with Gasteiger partial charge >= 0.3 is 0 Å². The summed E-state index contributed by atoms with van der Waals surface area (Å²) in [5.74, 6) is 4.04. The van der Waals surface area contributed by atoms with Gasteiger partial charge in [0.25, 0.3) is 0 Å². The van der Waals surface area contributed by atoms with Gasteiger partial charge in [-0.15, -0.1) is 16.4 Å². The van der Waals surface area contributed by atoms with Crippen LogP contribution in [0.4, 0.5) is 23.4 Å². The fourth-order valence-electron chi connectivity index (χ4n) is 7.04. The van der Waals surface area contributed by atoms with E-state index in [4.69, 9.17) is 22.3 Å². The van der Waals surface area contributed by atoms with Gasteiger partial charge in [-0.05, 0) is 86.0 Å². The number of fused-ring (bicyclic) bond motifs is 3. The Balaban J connectivity index is 1.07. The second-order valence-electron chi connectivity index (χ2n) is 11.4. The third kappa shape index (κ3) is 4.40. The number of nitrogens with two attached hydrogens (primary N) is 1. The minimum atomic E-state index is 0.143. The molecule has 3 aliphatic rings. The van der Waals surface area contributed by atoms with Gasteiger partial charge in [0, 0.05) is 31.7 Å². The van der Waals surface area contributed by atoms with Crippen molar-refractivity contribution in [2.24, 2.45) is 11.8 Å². The number of rotatable bonds is 5. The second-order valence-corrected chi connectivity index (χ2v) is 12.6. The van der Waals surface area contributed by atoms with E-state index in [9.17, 15) is 0 Å². The number of anilines is 4. The lowest BCUT2D eigenvalue weighted by molar-refractivity contribution is 0.0899. The maximum absolute atomic E-state index is 6.24. The summed E-state index contributed by atoms with van der Waals surface area (Å²) in [6.45, 7) is 9.61. The zero-order valence-electron chi connectivity index (χ0n) is 22.4. The normalized spacial score (nSPS) is 25.2. The lowest BCUT2D eigenvalue weighted by atomic mass is 9.92. The lowest BCUT2D eigenvalue weighted by Crippen LogP contribution is -2.56. The summed E-state index contributed by atoms with van der Waals surface area (Å²) in [4.78, 5) is 23.2. The number of hydrogen-bond donors (Lipinski definition) is 2. The first-order chi connectivity index (χ1) is 18.8. The average Bonchev–Trinajstić information content (AvgIpc) is 3.69. The number of aryl methyl sites for hydroxylation is 2. The molecule has 4 aromatic heterocycles. The molecule has 4 aromatic rings. The average molecular weight is 565 g/mol. The van der Waals surface area contributed by atoms with E-state index >= 15 is 0 Å². The number of halogens is 1. The van der Waals surface area contributed by atoms with Crippen LogP contribution in [-0.4, -0.2) is 66.3 Å². The van der Waals surface area contributed by atoms with Crippen LogP contribution in [0.15, 0.2) is 17.6 Å². The molecule has 1 saturated heterocycles. The minimum Gasteiger partial charge on any atom is -0.368 e. The number of nitrogen functional groups attached to an aromatic ring is 1. The molecule has 10 nitrogen and oxygen atoms in total. The standard InChI is InChI=1S/C27H33ClN10S/c1-14-8-19(11-30-23(14)36-6-7-37(16(3)12-36)20-10-17-4-5-18(20)9-17)31-27-34-26(29)38(35-27)24-22-21(15(2)13-39-22)32-25(28)33-24/h8,11,13,16-18,20H,4-7,9-10,12H2,1-3H3,(H3,29,31,34,35)/t16?,17?,18?,20-/m0/s1. The molecule has 3 fully saturated rings. The third-order valence-corrected chi connectivity index (χ3v) is 10.0. The third-order valence-electron chi connectivity index (χ3n) is 8.79. The van der Waals surface area contributed by atoms with Gasteiger partial charge in [-0.25, -0.2) is 9.97 Å². The van der Waals surface area contributed by atoms with Crippen molar-refractivity contribution < 1.29 is 0 Å². The van der Waals surface area contributed by atoms with E-state index in [1.54, 1.807) is 0 Å². The molecular formula is C27H33ClN10S. The fraction of sp³-hybridized carbons (Fsp3) is 0.519. The summed E-state index contributed by atoms with van der Waals surface area (Å²) in [5, 5.41) is 9.99. The Bertz CT molecular complexity index is 1550.